The molecule has 3 N–H and O–H groups in total. The maximum Gasteiger partial charge on any atom is 0.272 e. The van der Waals surface area contributed by atoms with E-state index < -0.39 is 29.3 Å². The van der Waals surface area contributed by atoms with E-state index in [4.69, 9.17) is 11.6 Å². The average Bonchev–Trinajstić information content (AvgIpc) is 3.29. The zero-order valence-corrected chi connectivity index (χ0v) is 22.0. The van der Waals surface area contributed by atoms with Crippen LogP contribution in [0, 0.1) is 11.2 Å². The zero-order chi connectivity index (χ0) is 26.2. The maximum absolute atomic E-state index is 14.8. The molecule has 2 aliphatic rings. The van der Waals surface area contributed by atoms with Crippen molar-refractivity contribution in [2.24, 2.45) is 5.41 Å². The lowest BCUT2D eigenvalue weighted by molar-refractivity contribution is -0.126. The van der Waals surface area contributed by atoms with E-state index in [-0.39, 0.29) is 23.2 Å². The van der Waals surface area contributed by atoms with Crippen molar-refractivity contribution in [2.75, 3.05) is 13.6 Å². The molecule has 2 heterocycles. The molecule has 1 fully saturated rings. The number of nitrogens with one attached hydrogen (secondary N) is 2. The molecular formula is C26H35ClFN5O3. The van der Waals surface area contributed by atoms with Gasteiger partial charge in [0, 0.05) is 18.1 Å². The lowest BCUT2D eigenvalue weighted by Gasteiger charge is -2.31. The minimum atomic E-state index is -0.856. The number of aliphatic hydroxyl groups is 1. The van der Waals surface area contributed by atoms with E-state index in [1.54, 1.807) is 0 Å². The van der Waals surface area contributed by atoms with Crippen LogP contribution < -0.4 is 10.6 Å². The van der Waals surface area contributed by atoms with Crippen LogP contribution in [0.15, 0.2) is 18.2 Å². The highest BCUT2D eigenvalue weighted by Crippen LogP contribution is 2.30. The minimum absolute atomic E-state index is 0.168. The molecule has 1 unspecified atom stereocenters. The second-order valence-electron chi connectivity index (χ2n) is 11.0. The Bertz CT molecular complexity index is 1150. The lowest BCUT2D eigenvalue weighted by Crippen LogP contribution is -2.56. The molecule has 1 aliphatic heterocycles. The number of rotatable bonds is 5. The largest absolute Gasteiger partial charge is 0.391 e. The number of amides is 2. The highest BCUT2D eigenvalue weighted by molar-refractivity contribution is 6.30. The van der Waals surface area contributed by atoms with E-state index >= 15 is 0 Å². The van der Waals surface area contributed by atoms with Crippen LogP contribution in [-0.4, -0.2) is 63.2 Å². The summed E-state index contributed by atoms with van der Waals surface area (Å²) in [6, 6.07) is 3.10. The number of hydrogen-bond acceptors (Lipinski definition) is 5. The monoisotopic (exact) mass is 519 g/mol. The van der Waals surface area contributed by atoms with E-state index in [9.17, 15) is 19.1 Å². The van der Waals surface area contributed by atoms with Crippen LogP contribution in [0.25, 0.3) is 11.4 Å². The van der Waals surface area contributed by atoms with Gasteiger partial charge in [0.1, 0.15) is 17.7 Å². The van der Waals surface area contributed by atoms with Crippen molar-refractivity contribution in [3.63, 3.8) is 0 Å². The van der Waals surface area contributed by atoms with Gasteiger partial charge in [0.05, 0.1) is 23.4 Å². The number of aromatic nitrogens is 2. The molecule has 8 nitrogen and oxygen atoms in total. The molecule has 4 rings (SSSR count). The normalized spacial score (nSPS) is 21.5. The van der Waals surface area contributed by atoms with E-state index in [0.29, 0.717) is 42.5 Å². The van der Waals surface area contributed by atoms with Gasteiger partial charge in [-0.1, -0.05) is 32.4 Å². The van der Waals surface area contributed by atoms with Gasteiger partial charge < -0.3 is 25.2 Å². The fraction of sp³-hybridized carbons (Fsp3) is 0.577. The third-order valence-corrected chi connectivity index (χ3v) is 7.24. The van der Waals surface area contributed by atoms with E-state index in [2.05, 4.69) is 20.5 Å². The van der Waals surface area contributed by atoms with Gasteiger partial charge in [-0.2, -0.15) is 0 Å². The van der Waals surface area contributed by atoms with Crippen LogP contribution in [0.4, 0.5) is 4.39 Å². The van der Waals surface area contributed by atoms with Crippen molar-refractivity contribution < 1.29 is 19.1 Å². The van der Waals surface area contributed by atoms with Crippen LogP contribution >= 0.6 is 11.6 Å². The third kappa shape index (κ3) is 5.58. The Balaban J connectivity index is 1.69. The first-order valence-corrected chi connectivity index (χ1v) is 12.9. The molecular weight excluding hydrogens is 485 g/mol. The van der Waals surface area contributed by atoms with Crippen molar-refractivity contribution in [3.05, 3.63) is 40.4 Å². The topological polar surface area (TPSA) is 99.5 Å². The molecule has 36 heavy (non-hydrogen) atoms. The summed E-state index contributed by atoms with van der Waals surface area (Å²) in [6.45, 7) is 7.46. The summed E-state index contributed by atoms with van der Waals surface area (Å²) in [5.41, 5.74) is 0.466. The average molecular weight is 520 g/mol. The van der Waals surface area contributed by atoms with Crippen molar-refractivity contribution >= 4 is 23.4 Å². The van der Waals surface area contributed by atoms with Crippen molar-refractivity contribution in [2.45, 2.75) is 77.7 Å². The molecule has 1 saturated carbocycles. The van der Waals surface area contributed by atoms with Gasteiger partial charge in [0.2, 0.25) is 5.91 Å². The summed E-state index contributed by atoms with van der Waals surface area (Å²) in [5, 5.41) is 16.3. The van der Waals surface area contributed by atoms with Crippen LogP contribution in [-0.2, 0) is 17.9 Å². The third-order valence-electron chi connectivity index (χ3n) is 7.01. The fourth-order valence-corrected chi connectivity index (χ4v) is 5.20. The molecule has 1 aromatic carbocycles. The molecule has 10 heteroatoms. The summed E-state index contributed by atoms with van der Waals surface area (Å²) >= 11 is 6.16. The number of imidazole rings is 1. The predicted molar refractivity (Wildman–Crippen MR) is 136 cm³/mol. The Kier molecular flexibility index (Phi) is 7.73. The highest BCUT2D eigenvalue weighted by atomic mass is 35.5. The SMILES string of the molecule is CN1CCCn2c(-c3cc(Cl)ccc3F)nc(C(=O)NC(C(=O)N[C@H]3CCC[C@@H]3O)C(C)(C)C)c2C1. The molecule has 0 saturated heterocycles. The van der Waals surface area contributed by atoms with E-state index in [0.717, 1.165) is 19.4 Å². The number of halogens is 2. The number of fused-ring (bicyclic) bond motifs is 1. The number of aliphatic hydroxyl groups excluding tert-OH is 1. The standard InChI is InChI=1S/C26H35ClFN5O3/c1-26(2,3)22(25(36)29-18-7-5-8-20(18)34)31-24(35)21-19-14-32(4)11-6-12-33(19)23(30-21)16-13-15(27)9-10-17(16)28/h9-10,13,18,20,22,34H,5-8,11-12,14H2,1-4H3,(H,29,36)(H,31,35)/t18-,20-,22?/m0/s1. The van der Waals surface area contributed by atoms with E-state index in [1.165, 1.54) is 18.2 Å². The Labute approximate surface area is 216 Å². The molecule has 2 amide bonds. The Morgan fingerprint density at radius 3 is 2.64 bits per heavy atom. The van der Waals surface area contributed by atoms with Gasteiger partial charge in [-0.05, 0) is 62.9 Å². The minimum Gasteiger partial charge on any atom is -0.391 e. The van der Waals surface area contributed by atoms with Crippen LogP contribution in [0.1, 0.15) is 62.6 Å². The summed E-state index contributed by atoms with van der Waals surface area (Å²) in [6.07, 6.45) is 2.42. The first kappa shape index (κ1) is 26.6. The first-order valence-electron chi connectivity index (χ1n) is 12.5. The van der Waals surface area contributed by atoms with Gasteiger partial charge in [0.25, 0.3) is 5.91 Å². The van der Waals surface area contributed by atoms with Crippen LogP contribution in [0.3, 0.4) is 0 Å². The van der Waals surface area contributed by atoms with Crippen molar-refractivity contribution in [1.29, 1.82) is 0 Å². The van der Waals surface area contributed by atoms with Crippen molar-refractivity contribution in [3.8, 4) is 11.4 Å². The lowest BCUT2D eigenvalue weighted by atomic mass is 9.85. The molecule has 196 valence electrons. The van der Waals surface area contributed by atoms with Gasteiger partial charge in [-0.15, -0.1) is 0 Å². The Morgan fingerprint density at radius 2 is 1.97 bits per heavy atom. The maximum atomic E-state index is 14.8. The summed E-state index contributed by atoms with van der Waals surface area (Å²) in [7, 11) is 1.96. The van der Waals surface area contributed by atoms with Crippen LogP contribution in [0.2, 0.25) is 5.02 Å². The summed E-state index contributed by atoms with van der Waals surface area (Å²) in [5.74, 6) is -0.967. The van der Waals surface area contributed by atoms with Gasteiger partial charge in [-0.25, -0.2) is 9.37 Å². The second-order valence-corrected chi connectivity index (χ2v) is 11.4. The molecule has 0 radical (unpaired) electrons. The number of carbonyl (C=O) groups is 2. The van der Waals surface area contributed by atoms with Crippen LogP contribution in [0.5, 0.6) is 0 Å². The van der Waals surface area contributed by atoms with E-state index in [1.807, 2.05) is 32.4 Å². The number of hydrogen-bond donors (Lipinski definition) is 3. The molecule has 1 aromatic heterocycles. The number of benzene rings is 1. The number of carbonyl (C=O) groups excluding carboxylic acids is 2. The zero-order valence-electron chi connectivity index (χ0n) is 21.3. The number of nitrogens with zero attached hydrogens (tertiary/aromatic N) is 3. The van der Waals surface area contributed by atoms with Gasteiger partial charge in [-0.3, -0.25) is 9.59 Å². The summed E-state index contributed by atoms with van der Waals surface area (Å²) < 4.78 is 16.7. The van der Waals surface area contributed by atoms with Crippen molar-refractivity contribution in [1.82, 2.24) is 25.1 Å². The highest BCUT2D eigenvalue weighted by Gasteiger charge is 2.37. The van der Waals surface area contributed by atoms with Gasteiger partial charge in [0.15, 0.2) is 5.69 Å². The molecule has 3 atom stereocenters. The molecule has 2 aromatic rings. The van der Waals surface area contributed by atoms with Gasteiger partial charge >= 0.3 is 0 Å². The predicted octanol–water partition coefficient (Wildman–Crippen LogP) is 3.35. The quantitative estimate of drug-likeness (QED) is 0.562. The second kappa shape index (κ2) is 10.5. The first-order chi connectivity index (χ1) is 17.0. The Hall–Kier alpha value is -2.49. The fourth-order valence-electron chi connectivity index (χ4n) is 5.03. The smallest absolute Gasteiger partial charge is 0.272 e. The molecule has 0 spiro atoms. The molecule has 1 aliphatic carbocycles. The summed E-state index contributed by atoms with van der Waals surface area (Å²) in [4.78, 5) is 33.6. The Morgan fingerprint density at radius 1 is 1.22 bits per heavy atom. The molecule has 0 bridgehead atoms.